The predicted molar refractivity (Wildman–Crippen MR) is 76.6 cm³/mol. The van der Waals surface area contributed by atoms with E-state index >= 15 is 0 Å². The number of carbonyl (C=O) groups excluding carboxylic acids is 1. The van der Waals surface area contributed by atoms with E-state index in [0.29, 0.717) is 19.5 Å². The van der Waals surface area contributed by atoms with Gasteiger partial charge in [0.05, 0.1) is 5.69 Å². The molecule has 0 fully saturated rings. The quantitative estimate of drug-likeness (QED) is 0.884. The summed E-state index contributed by atoms with van der Waals surface area (Å²) in [6, 6.07) is 6.09. The predicted octanol–water partition coefficient (Wildman–Crippen LogP) is 2.10. The highest BCUT2D eigenvalue weighted by atomic mass is 16.5. The minimum Gasteiger partial charge on any atom is -0.478 e. The van der Waals surface area contributed by atoms with E-state index in [1.807, 2.05) is 24.8 Å². The second-order valence-corrected chi connectivity index (χ2v) is 4.79. The number of ether oxygens (including phenoxy) is 1. The van der Waals surface area contributed by atoms with Crippen LogP contribution in [0.1, 0.15) is 32.3 Å². The standard InChI is InChI=1S/C15H22N2O2/c1-3-13-15(18)17(4-2)12-10-11(6-5-9-16)7-8-14(12)19-13/h7-8,10,13H,3-6,9,16H2,1-2H3. The van der Waals surface area contributed by atoms with Gasteiger partial charge in [-0.3, -0.25) is 4.79 Å². The van der Waals surface area contributed by atoms with Crippen molar-refractivity contribution in [2.24, 2.45) is 5.73 Å². The van der Waals surface area contributed by atoms with E-state index in [2.05, 4.69) is 12.1 Å². The number of benzene rings is 1. The van der Waals surface area contributed by atoms with Gasteiger partial charge in [-0.25, -0.2) is 0 Å². The van der Waals surface area contributed by atoms with E-state index in [0.717, 1.165) is 24.3 Å². The van der Waals surface area contributed by atoms with Crippen LogP contribution in [0.3, 0.4) is 0 Å². The lowest BCUT2D eigenvalue weighted by Crippen LogP contribution is -2.45. The number of hydrogen-bond acceptors (Lipinski definition) is 3. The molecule has 1 aliphatic rings. The minimum atomic E-state index is -0.345. The summed E-state index contributed by atoms with van der Waals surface area (Å²) in [5, 5.41) is 0. The Labute approximate surface area is 114 Å². The Hall–Kier alpha value is -1.55. The number of aryl methyl sites for hydroxylation is 1. The maximum atomic E-state index is 12.3. The zero-order valence-corrected chi connectivity index (χ0v) is 11.7. The Balaban J connectivity index is 2.31. The van der Waals surface area contributed by atoms with Crippen LogP contribution in [0.15, 0.2) is 18.2 Å². The van der Waals surface area contributed by atoms with Crippen molar-refractivity contribution < 1.29 is 9.53 Å². The van der Waals surface area contributed by atoms with E-state index < -0.39 is 0 Å². The first kappa shape index (κ1) is 13.9. The Morgan fingerprint density at radius 2 is 2.16 bits per heavy atom. The Kier molecular flexibility index (Phi) is 4.43. The van der Waals surface area contributed by atoms with Gasteiger partial charge in [0.2, 0.25) is 0 Å². The van der Waals surface area contributed by atoms with Gasteiger partial charge in [-0.2, -0.15) is 0 Å². The number of carbonyl (C=O) groups is 1. The molecule has 0 radical (unpaired) electrons. The number of hydrogen-bond donors (Lipinski definition) is 1. The van der Waals surface area contributed by atoms with Crippen LogP contribution in [-0.2, 0) is 11.2 Å². The molecule has 104 valence electrons. The van der Waals surface area contributed by atoms with Crippen LogP contribution in [0.5, 0.6) is 5.75 Å². The number of nitrogens with two attached hydrogens (primary N) is 1. The van der Waals surface area contributed by atoms with Crippen molar-refractivity contribution in [2.75, 3.05) is 18.0 Å². The van der Waals surface area contributed by atoms with Crippen molar-refractivity contribution in [1.82, 2.24) is 0 Å². The average molecular weight is 262 g/mol. The molecule has 1 atom stereocenters. The third kappa shape index (κ3) is 2.73. The second kappa shape index (κ2) is 6.06. The number of anilines is 1. The van der Waals surface area contributed by atoms with E-state index in [1.165, 1.54) is 5.56 Å². The molecule has 1 unspecified atom stereocenters. The lowest BCUT2D eigenvalue weighted by molar-refractivity contribution is -0.126. The molecule has 0 saturated heterocycles. The fourth-order valence-electron chi connectivity index (χ4n) is 2.42. The number of fused-ring (bicyclic) bond motifs is 1. The van der Waals surface area contributed by atoms with Crippen molar-refractivity contribution in [3.63, 3.8) is 0 Å². The zero-order chi connectivity index (χ0) is 13.8. The van der Waals surface area contributed by atoms with E-state index in [9.17, 15) is 4.79 Å². The summed E-state index contributed by atoms with van der Waals surface area (Å²) in [6.07, 6.45) is 2.25. The molecule has 2 N–H and O–H groups in total. The van der Waals surface area contributed by atoms with Gasteiger partial charge < -0.3 is 15.4 Å². The van der Waals surface area contributed by atoms with Gasteiger partial charge >= 0.3 is 0 Å². The van der Waals surface area contributed by atoms with Crippen LogP contribution in [0, 0.1) is 0 Å². The molecule has 19 heavy (non-hydrogen) atoms. The maximum Gasteiger partial charge on any atom is 0.268 e. The molecule has 2 rings (SSSR count). The van der Waals surface area contributed by atoms with Crippen LogP contribution in [-0.4, -0.2) is 25.1 Å². The molecule has 0 aliphatic carbocycles. The van der Waals surface area contributed by atoms with Crippen molar-refractivity contribution >= 4 is 11.6 Å². The summed E-state index contributed by atoms with van der Waals surface area (Å²) >= 11 is 0. The first-order valence-corrected chi connectivity index (χ1v) is 7.02. The lowest BCUT2D eigenvalue weighted by atomic mass is 10.1. The molecule has 0 spiro atoms. The zero-order valence-electron chi connectivity index (χ0n) is 11.7. The largest absolute Gasteiger partial charge is 0.478 e. The normalized spacial score (nSPS) is 18.2. The van der Waals surface area contributed by atoms with Crippen molar-refractivity contribution in [1.29, 1.82) is 0 Å². The Bertz CT molecular complexity index is 459. The highest BCUT2D eigenvalue weighted by Gasteiger charge is 2.32. The minimum absolute atomic E-state index is 0.0634. The van der Waals surface area contributed by atoms with Gasteiger partial charge in [0.1, 0.15) is 5.75 Å². The van der Waals surface area contributed by atoms with E-state index in [1.54, 1.807) is 0 Å². The number of nitrogens with zero attached hydrogens (tertiary/aromatic N) is 1. The van der Waals surface area contributed by atoms with Gasteiger partial charge in [-0.05, 0) is 50.4 Å². The van der Waals surface area contributed by atoms with Crippen LogP contribution >= 0.6 is 0 Å². The number of likely N-dealkylation sites (N-methyl/N-ethyl adjacent to an activating group) is 1. The molecule has 1 aromatic rings. The average Bonchev–Trinajstić information content (AvgIpc) is 2.44. The maximum absolute atomic E-state index is 12.3. The number of amides is 1. The highest BCUT2D eigenvalue weighted by Crippen LogP contribution is 2.35. The summed E-state index contributed by atoms with van der Waals surface area (Å²) in [7, 11) is 0. The first-order chi connectivity index (χ1) is 9.21. The highest BCUT2D eigenvalue weighted by molar-refractivity contribution is 6.00. The molecule has 4 heteroatoms. The fourth-order valence-corrected chi connectivity index (χ4v) is 2.42. The van der Waals surface area contributed by atoms with Crippen molar-refractivity contribution in [3.8, 4) is 5.75 Å². The molecule has 0 bridgehead atoms. The van der Waals surface area contributed by atoms with Crippen LogP contribution < -0.4 is 15.4 Å². The van der Waals surface area contributed by atoms with Gasteiger partial charge in [-0.1, -0.05) is 13.0 Å². The fraction of sp³-hybridized carbons (Fsp3) is 0.533. The third-order valence-electron chi connectivity index (χ3n) is 3.48. The van der Waals surface area contributed by atoms with Crippen molar-refractivity contribution in [2.45, 2.75) is 39.2 Å². The third-order valence-corrected chi connectivity index (χ3v) is 3.48. The summed E-state index contributed by atoms with van der Waals surface area (Å²) in [6.45, 7) is 5.32. The number of rotatable bonds is 5. The Morgan fingerprint density at radius 3 is 2.79 bits per heavy atom. The Morgan fingerprint density at radius 1 is 1.37 bits per heavy atom. The topological polar surface area (TPSA) is 55.6 Å². The van der Waals surface area contributed by atoms with Gasteiger partial charge in [0.15, 0.2) is 6.10 Å². The molecule has 1 aliphatic heterocycles. The second-order valence-electron chi connectivity index (χ2n) is 4.79. The molecule has 1 amide bonds. The molecule has 0 saturated carbocycles. The van der Waals surface area contributed by atoms with Gasteiger partial charge in [-0.15, -0.1) is 0 Å². The van der Waals surface area contributed by atoms with Gasteiger partial charge in [0, 0.05) is 6.54 Å². The summed E-state index contributed by atoms with van der Waals surface area (Å²) in [5.74, 6) is 0.873. The van der Waals surface area contributed by atoms with Gasteiger partial charge in [0.25, 0.3) is 5.91 Å². The van der Waals surface area contributed by atoms with Crippen molar-refractivity contribution in [3.05, 3.63) is 23.8 Å². The molecule has 1 heterocycles. The SMILES string of the molecule is CCC1Oc2ccc(CCCN)cc2N(CC)C1=O. The monoisotopic (exact) mass is 262 g/mol. The molecule has 1 aromatic carbocycles. The summed E-state index contributed by atoms with van der Waals surface area (Å²) in [4.78, 5) is 14.1. The summed E-state index contributed by atoms with van der Waals surface area (Å²) < 4.78 is 5.77. The smallest absolute Gasteiger partial charge is 0.268 e. The molecular formula is C15H22N2O2. The van der Waals surface area contributed by atoms with Crippen LogP contribution in [0.4, 0.5) is 5.69 Å². The van der Waals surface area contributed by atoms with E-state index in [-0.39, 0.29) is 12.0 Å². The van der Waals surface area contributed by atoms with Crippen LogP contribution in [0.25, 0.3) is 0 Å². The van der Waals surface area contributed by atoms with E-state index in [4.69, 9.17) is 10.5 Å². The van der Waals surface area contributed by atoms with Crippen LogP contribution in [0.2, 0.25) is 0 Å². The molecule has 4 nitrogen and oxygen atoms in total. The summed E-state index contributed by atoms with van der Waals surface area (Å²) in [5.41, 5.74) is 7.63. The molecule has 0 aromatic heterocycles. The first-order valence-electron chi connectivity index (χ1n) is 7.02. The molecular weight excluding hydrogens is 240 g/mol. The lowest BCUT2D eigenvalue weighted by Gasteiger charge is -2.33.